The number of unbranched alkanes of at least 4 members (excludes halogenated alkanes) is 1. The van der Waals surface area contributed by atoms with Crippen LogP contribution in [0.1, 0.15) is 46.0 Å². The van der Waals surface area contributed by atoms with Gasteiger partial charge in [-0.2, -0.15) is 5.92 Å². The van der Waals surface area contributed by atoms with Gasteiger partial charge in [0.1, 0.15) is 0 Å². The van der Waals surface area contributed by atoms with E-state index >= 15 is 0 Å². The van der Waals surface area contributed by atoms with Crippen molar-refractivity contribution < 1.29 is 35.9 Å². The minimum atomic E-state index is -0.111. The van der Waals surface area contributed by atoms with Gasteiger partial charge in [0.25, 0.3) is 0 Å². The van der Waals surface area contributed by atoms with Crippen LogP contribution in [0.2, 0.25) is 0 Å². The SMILES string of the molecule is N#CC[C-]=O.[CH2-]C(CC)CCCC.[U+2]. The molecule has 0 spiro atoms. The summed E-state index contributed by atoms with van der Waals surface area (Å²) in [5, 5.41) is 7.55. The maximum absolute atomic E-state index is 9.06. The van der Waals surface area contributed by atoms with Crippen molar-refractivity contribution in [2.75, 3.05) is 0 Å². The molecule has 0 aliphatic carbocycles. The minimum Gasteiger partial charge on any atom is -0.541 e. The Hall–Kier alpha value is 0.212. The van der Waals surface area contributed by atoms with Crippen LogP contribution >= 0.6 is 0 Å². The van der Waals surface area contributed by atoms with Crippen LogP contribution < -0.4 is 0 Å². The van der Waals surface area contributed by atoms with Gasteiger partial charge in [0.15, 0.2) is 0 Å². The Kier molecular flexibility index (Phi) is 26.6. The van der Waals surface area contributed by atoms with E-state index in [0.717, 1.165) is 0 Å². The van der Waals surface area contributed by atoms with E-state index in [-0.39, 0.29) is 37.5 Å². The molecule has 0 amide bonds. The topological polar surface area (TPSA) is 40.9 Å². The van der Waals surface area contributed by atoms with Gasteiger partial charge < -0.3 is 11.7 Å². The first-order valence-corrected chi connectivity index (χ1v) is 4.77. The average Bonchev–Trinajstić information content (AvgIpc) is 2.16. The van der Waals surface area contributed by atoms with Crippen LogP contribution in [0, 0.1) is 55.3 Å². The second kappa shape index (κ2) is 18.9. The van der Waals surface area contributed by atoms with Gasteiger partial charge in [0, 0.05) is 6.07 Å². The van der Waals surface area contributed by atoms with Gasteiger partial charge in [-0.25, -0.2) is 5.26 Å². The Balaban J connectivity index is -0.000000177. The molecule has 14 heavy (non-hydrogen) atoms. The van der Waals surface area contributed by atoms with Gasteiger partial charge in [-0.15, -0.1) is 0 Å². The third kappa shape index (κ3) is 22.8. The molecule has 78 valence electrons. The number of nitriles is 1. The maximum atomic E-state index is 9.06. The fourth-order valence-electron chi connectivity index (χ4n) is 0.729. The van der Waals surface area contributed by atoms with E-state index in [0.29, 0.717) is 5.92 Å². The maximum Gasteiger partial charge on any atom is 2.00 e. The fourth-order valence-corrected chi connectivity index (χ4v) is 0.729. The Bertz CT molecular complexity index is 143. The van der Waals surface area contributed by atoms with Gasteiger partial charge in [-0.1, -0.05) is 46.0 Å². The third-order valence-corrected chi connectivity index (χ3v) is 1.69. The smallest absolute Gasteiger partial charge is 0.541 e. The molecule has 1 atom stereocenters. The summed E-state index contributed by atoms with van der Waals surface area (Å²) >= 11 is 0. The molecule has 0 aliphatic heterocycles. The third-order valence-electron chi connectivity index (χ3n) is 1.69. The molecule has 0 aromatic rings. The van der Waals surface area contributed by atoms with Crippen LogP contribution in [0.25, 0.3) is 0 Å². The Morgan fingerprint density at radius 1 is 1.50 bits per heavy atom. The van der Waals surface area contributed by atoms with Crippen molar-refractivity contribution in [3.8, 4) is 6.07 Å². The van der Waals surface area contributed by atoms with Crippen molar-refractivity contribution in [1.29, 1.82) is 5.26 Å². The van der Waals surface area contributed by atoms with Gasteiger partial charge >= 0.3 is 31.1 Å². The molecule has 0 saturated heterocycles. The number of carbonyl (C=O) groups excluding carboxylic acids is 1. The zero-order valence-electron chi connectivity index (χ0n) is 9.18. The summed E-state index contributed by atoms with van der Waals surface area (Å²) in [4.78, 5) is 9.06. The summed E-state index contributed by atoms with van der Waals surface area (Å²) < 4.78 is 0. The molecule has 0 fully saturated rings. The summed E-state index contributed by atoms with van der Waals surface area (Å²) in [5.41, 5.74) is 0. The molecule has 0 aromatic heterocycles. The normalized spacial score (nSPS) is 9.86. The van der Waals surface area contributed by atoms with Gasteiger partial charge in [0.05, 0.1) is 0 Å². The van der Waals surface area contributed by atoms with Crippen LogP contribution in [0.5, 0.6) is 0 Å². The summed E-state index contributed by atoms with van der Waals surface area (Å²) in [6.45, 7) is 8.42. The molecule has 3 heteroatoms. The Morgan fingerprint density at radius 2 is 2.07 bits per heavy atom. The van der Waals surface area contributed by atoms with Crippen molar-refractivity contribution in [3.05, 3.63) is 6.92 Å². The average molecular weight is 419 g/mol. The van der Waals surface area contributed by atoms with E-state index in [9.17, 15) is 0 Å². The monoisotopic (exact) mass is 419 g/mol. The molecule has 0 heterocycles. The first kappa shape index (κ1) is 19.7. The quantitative estimate of drug-likeness (QED) is 0.643. The molecule has 0 radical (unpaired) electrons. The molecule has 0 saturated carbocycles. The molecular weight excluding hydrogens is 400 g/mol. The van der Waals surface area contributed by atoms with Gasteiger partial charge in [0.2, 0.25) is 0 Å². The van der Waals surface area contributed by atoms with Crippen LogP contribution in [-0.4, -0.2) is 6.29 Å². The number of hydrogen-bond donors (Lipinski definition) is 0. The summed E-state index contributed by atoms with van der Waals surface area (Å²) in [5.74, 6) is 0.704. The zero-order valence-corrected chi connectivity index (χ0v) is 13.3. The van der Waals surface area contributed by atoms with E-state index in [1.54, 1.807) is 6.07 Å². The molecular formula is C11H19NOU. The molecule has 0 bridgehead atoms. The molecule has 2 nitrogen and oxygen atoms in total. The number of rotatable bonds is 5. The first-order valence-electron chi connectivity index (χ1n) is 4.77. The van der Waals surface area contributed by atoms with Gasteiger partial charge in [-0.3, -0.25) is 6.29 Å². The van der Waals surface area contributed by atoms with E-state index in [1.165, 1.54) is 32.0 Å². The minimum absolute atomic E-state index is 0. The van der Waals surface area contributed by atoms with Crippen LogP contribution in [0.15, 0.2) is 0 Å². The standard InChI is InChI=1S/C8H17.C3H2NO.U/c1-4-6-7-8(3)5-2;4-2-1-3-5;/h8H,3-7H2,1-2H3;1H2;/q2*-1;+2. The fraction of sp³-hybridized carbons (Fsp3) is 0.727. The number of nitrogens with zero attached hydrogens (tertiary/aromatic N) is 1. The first-order chi connectivity index (χ1) is 6.22. The number of hydrogen-bond acceptors (Lipinski definition) is 2. The van der Waals surface area contributed by atoms with Crippen molar-refractivity contribution >= 4 is 6.29 Å². The van der Waals surface area contributed by atoms with Crippen LogP contribution in [0.3, 0.4) is 0 Å². The van der Waals surface area contributed by atoms with Crippen LogP contribution in [0.4, 0.5) is 0 Å². The molecule has 0 rings (SSSR count). The second-order valence-electron chi connectivity index (χ2n) is 2.90. The summed E-state index contributed by atoms with van der Waals surface area (Å²) in [6, 6.07) is 1.59. The van der Waals surface area contributed by atoms with Crippen molar-refractivity contribution in [1.82, 2.24) is 0 Å². The summed E-state index contributed by atoms with van der Waals surface area (Å²) in [7, 11) is 0. The van der Waals surface area contributed by atoms with Crippen molar-refractivity contribution in [2.45, 2.75) is 46.0 Å². The molecule has 1 unspecified atom stereocenters. The second-order valence-corrected chi connectivity index (χ2v) is 2.90. The Morgan fingerprint density at radius 3 is 2.29 bits per heavy atom. The summed E-state index contributed by atoms with van der Waals surface area (Å²) in [6.07, 6.45) is 6.50. The predicted molar refractivity (Wildman–Crippen MR) is 54.6 cm³/mol. The largest absolute Gasteiger partial charge is 2.00 e. The molecule has 0 aliphatic rings. The Labute approximate surface area is 112 Å². The van der Waals surface area contributed by atoms with Crippen molar-refractivity contribution in [2.24, 2.45) is 5.92 Å². The van der Waals surface area contributed by atoms with Crippen molar-refractivity contribution in [3.63, 3.8) is 0 Å². The van der Waals surface area contributed by atoms with E-state index in [2.05, 4.69) is 20.8 Å². The molecule has 0 N–H and O–H groups in total. The predicted octanol–water partition coefficient (Wildman–Crippen LogP) is 3.05. The molecule has 0 aromatic carbocycles. The van der Waals surface area contributed by atoms with E-state index in [4.69, 9.17) is 10.1 Å². The van der Waals surface area contributed by atoms with Crippen LogP contribution in [-0.2, 0) is 4.79 Å². The zero-order chi connectivity index (χ0) is 10.5. The van der Waals surface area contributed by atoms with E-state index < -0.39 is 0 Å². The van der Waals surface area contributed by atoms with E-state index in [1.807, 2.05) is 0 Å². The van der Waals surface area contributed by atoms with Gasteiger partial charge in [-0.05, 0) is 0 Å².